The van der Waals surface area contributed by atoms with Crippen molar-refractivity contribution in [1.82, 2.24) is 4.90 Å². The molecular formula is C15H21N3O. The van der Waals surface area contributed by atoms with Crippen LogP contribution in [0.4, 0.5) is 0 Å². The summed E-state index contributed by atoms with van der Waals surface area (Å²) in [7, 11) is 0. The van der Waals surface area contributed by atoms with Crippen molar-refractivity contribution in [3.05, 3.63) is 35.9 Å². The second-order valence-corrected chi connectivity index (χ2v) is 5.44. The van der Waals surface area contributed by atoms with Crippen LogP contribution >= 0.6 is 0 Å². The van der Waals surface area contributed by atoms with E-state index in [1.54, 1.807) is 0 Å². The second-order valence-electron chi connectivity index (χ2n) is 5.44. The highest BCUT2D eigenvalue weighted by molar-refractivity contribution is 5.79. The predicted octanol–water partition coefficient (Wildman–Crippen LogP) is 1.76. The van der Waals surface area contributed by atoms with Crippen molar-refractivity contribution >= 4 is 5.96 Å². The van der Waals surface area contributed by atoms with Crippen LogP contribution in [0, 0.1) is 0 Å². The maximum absolute atomic E-state index is 6.20. The molecule has 2 aliphatic heterocycles. The van der Waals surface area contributed by atoms with Crippen LogP contribution in [0.5, 0.6) is 0 Å². The van der Waals surface area contributed by atoms with E-state index in [1.807, 2.05) is 18.2 Å². The van der Waals surface area contributed by atoms with Gasteiger partial charge in [-0.2, -0.15) is 0 Å². The maximum Gasteiger partial charge on any atom is 0.192 e. The van der Waals surface area contributed by atoms with Gasteiger partial charge in [0.2, 0.25) is 0 Å². The zero-order valence-corrected chi connectivity index (χ0v) is 11.2. The van der Waals surface area contributed by atoms with Gasteiger partial charge in [0.1, 0.15) is 0 Å². The summed E-state index contributed by atoms with van der Waals surface area (Å²) in [5.41, 5.74) is 7.53. The maximum atomic E-state index is 6.20. The molecule has 4 heteroatoms. The Morgan fingerprint density at radius 3 is 2.89 bits per heavy atom. The van der Waals surface area contributed by atoms with Gasteiger partial charge in [0.05, 0.1) is 18.7 Å². The van der Waals surface area contributed by atoms with E-state index in [1.165, 1.54) is 18.4 Å². The molecule has 2 aliphatic rings. The number of guanidine groups is 1. The smallest absolute Gasteiger partial charge is 0.192 e. The summed E-state index contributed by atoms with van der Waals surface area (Å²) in [5.74, 6) is 0.673. The third kappa shape index (κ3) is 2.45. The van der Waals surface area contributed by atoms with E-state index in [2.05, 4.69) is 22.0 Å². The Morgan fingerprint density at radius 2 is 2.16 bits per heavy atom. The second kappa shape index (κ2) is 5.21. The Hall–Kier alpha value is -1.55. The number of hydrogen-bond donors (Lipinski definition) is 1. The van der Waals surface area contributed by atoms with Crippen LogP contribution in [0.15, 0.2) is 35.3 Å². The molecule has 1 aromatic carbocycles. The summed E-state index contributed by atoms with van der Waals surface area (Å²) < 4.78 is 5.57. The summed E-state index contributed by atoms with van der Waals surface area (Å²) in [6, 6.07) is 10.2. The first kappa shape index (κ1) is 12.5. The topological polar surface area (TPSA) is 50.8 Å². The fraction of sp³-hybridized carbons (Fsp3) is 0.533. The standard InChI is InChI=1S/C15H21N3O/c16-14(17-11-13-5-2-1-3-6-13)18-9-4-7-15(18)8-10-19-12-15/h1-3,5-6H,4,7-12H2,(H2,16,17). The van der Waals surface area contributed by atoms with Crippen molar-refractivity contribution < 1.29 is 4.74 Å². The summed E-state index contributed by atoms with van der Waals surface area (Å²) in [6.07, 6.45) is 3.44. The first-order valence-corrected chi connectivity index (χ1v) is 6.99. The number of likely N-dealkylation sites (tertiary alicyclic amines) is 1. The highest BCUT2D eigenvalue weighted by Gasteiger charge is 2.44. The van der Waals surface area contributed by atoms with Crippen molar-refractivity contribution in [1.29, 1.82) is 0 Å². The van der Waals surface area contributed by atoms with E-state index in [4.69, 9.17) is 10.5 Å². The van der Waals surface area contributed by atoms with Gasteiger partial charge in [0, 0.05) is 13.2 Å². The zero-order valence-electron chi connectivity index (χ0n) is 11.2. The van der Waals surface area contributed by atoms with Crippen molar-refractivity contribution in [2.75, 3.05) is 19.8 Å². The van der Waals surface area contributed by atoms with Gasteiger partial charge in [-0.05, 0) is 24.8 Å². The van der Waals surface area contributed by atoms with Gasteiger partial charge in [0.25, 0.3) is 0 Å². The highest BCUT2D eigenvalue weighted by Crippen LogP contribution is 2.36. The molecule has 2 N–H and O–H groups in total. The van der Waals surface area contributed by atoms with E-state index in [0.29, 0.717) is 12.5 Å². The molecule has 0 bridgehead atoms. The molecule has 1 unspecified atom stereocenters. The van der Waals surface area contributed by atoms with Crippen LogP contribution in [0.1, 0.15) is 24.8 Å². The van der Waals surface area contributed by atoms with E-state index >= 15 is 0 Å². The van der Waals surface area contributed by atoms with Crippen molar-refractivity contribution in [2.24, 2.45) is 10.7 Å². The van der Waals surface area contributed by atoms with Crippen molar-refractivity contribution in [3.63, 3.8) is 0 Å². The van der Waals surface area contributed by atoms with Crippen LogP contribution < -0.4 is 5.73 Å². The van der Waals surface area contributed by atoms with Crippen LogP contribution in [0.25, 0.3) is 0 Å². The van der Waals surface area contributed by atoms with Crippen LogP contribution in [-0.4, -0.2) is 36.2 Å². The largest absolute Gasteiger partial charge is 0.379 e. The van der Waals surface area contributed by atoms with Gasteiger partial charge in [-0.25, -0.2) is 4.99 Å². The van der Waals surface area contributed by atoms with Gasteiger partial charge in [-0.3, -0.25) is 0 Å². The van der Waals surface area contributed by atoms with Crippen LogP contribution in [0.3, 0.4) is 0 Å². The number of hydrogen-bond acceptors (Lipinski definition) is 2. The molecule has 0 aliphatic carbocycles. The van der Waals surface area contributed by atoms with Gasteiger partial charge in [-0.15, -0.1) is 0 Å². The first-order valence-electron chi connectivity index (χ1n) is 6.99. The third-order valence-electron chi connectivity index (χ3n) is 4.22. The fourth-order valence-electron chi connectivity index (χ4n) is 3.14. The van der Waals surface area contributed by atoms with Crippen molar-refractivity contribution in [3.8, 4) is 0 Å². The molecule has 1 aromatic rings. The Morgan fingerprint density at radius 1 is 1.32 bits per heavy atom. The number of nitrogens with zero attached hydrogens (tertiary/aromatic N) is 2. The van der Waals surface area contributed by atoms with E-state index in [9.17, 15) is 0 Å². The lowest BCUT2D eigenvalue weighted by molar-refractivity contribution is 0.142. The third-order valence-corrected chi connectivity index (χ3v) is 4.22. The van der Waals surface area contributed by atoms with Gasteiger partial charge < -0.3 is 15.4 Å². The molecule has 2 fully saturated rings. The quantitative estimate of drug-likeness (QED) is 0.650. The number of nitrogens with two attached hydrogens (primary N) is 1. The monoisotopic (exact) mass is 259 g/mol. The first-order chi connectivity index (χ1) is 9.30. The van der Waals surface area contributed by atoms with Gasteiger partial charge >= 0.3 is 0 Å². The molecule has 2 heterocycles. The van der Waals surface area contributed by atoms with Crippen molar-refractivity contribution in [2.45, 2.75) is 31.3 Å². The minimum atomic E-state index is 0.129. The molecular weight excluding hydrogens is 238 g/mol. The van der Waals surface area contributed by atoms with Crippen LogP contribution in [-0.2, 0) is 11.3 Å². The van der Waals surface area contributed by atoms with Crippen LogP contribution in [0.2, 0.25) is 0 Å². The minimum absolute atomic E-state index is 0.129. The van der Waals surface area contributed by atoms with Gasteiger partial charge in [-0.1, -0.05) is 30.3 Å². The molecule has 2 saturated heterocycles. The lowest BCUT2D eigenvalue weighted by atomic mass is 9.96. The Labute approximate surface area is 114 Å². The highest BCUT2D eigenvalue weighted by atomic mass is 16.5. The number of rotatable bonds is 2. The number of benzene rings is 1. The summed E-state index contributed by atoms with van der Waals surface area (Å²) in [5, 5.41) is 0. The number of aliphatic imine (C=N–C) groups is 1. The molecule has 19 heavy (non-hydrogen) atoms. The molecule has 0 saturated carbocycles. The molecule has 0 radical (unpaired) electrons. The molecule has 4 nitrogen and oxygen atoms in total. The Balaban J connectivity index is 1.71. The lowest BCUT2D eigenvalue weighted by Gasteiger charge is -2.34. The summed E-state index contributed by atoms with van der Waals surface area (Å²) in [4.78, 5) is 6.83. The molecule has 102 valence electrons. The summed E-state index contributed by atoms with van der Waals surface area (Å²) >= 11 is 0. The van der Waals surface area contributed by atoms with Gasteiger partial charge in [0.15, 0.2) is 5.96 Å². The molecule has 0 amide bonds. The lowest BCUT2D eigenvalue weighted by Crippen LogP contribution is -2.51. The molecule has 0 aromatic heterocycles. The SMILES string of the molecule is NC(=NCc1ccccc1)N1CCCC12CCOC2. The van der Waals surface area contributed by atoms with E-state index in [-0.39, 0.29) is 5.54 Å². The van der Waals surface area contributed by atoms with E-state index < -0.39 is 0 Å². The average molecular weight is 259 g/mol. The molecule has 1 spiro atoms. The number of ether oxygens (including phenoxy) is 1. The molecule has 1 atom stereocenters. The van der Waals surface area contributed by atoms with E-state index in [0.717, 1.165) is 26.2 Å². The Bertz CT molecular complexity index is 446. The fourth-order valence-corrected chi connectivity index (χ4v) is 3.14. The normalized spacial score (nSPS) is 27.4. The minimum Gasteiger partial charge on any atom is -0.379 e. The zero-order chi connectivity index (χ0) is 13.1. The Kier molecular flexibility index (Phi) is 3.42. The molecule has 3 rings (SSSR count). The average Bonchev–Trinajstić information content (AvgIpc) is 3.08. The predicted molar refractivity (Wildman–Crippen MR) is 75.9 cm³/mol. The summed E-state index contributed by atoms with van der Waals surface area (Å²) in [6.45, 7) is 3.31.